The number of carbonyl (C=O) groups excluding carboxylic acids is 2. The molecular weight excluding hydrogens is 421 g/mol. The first-order valence-corrected chi connectivity index (χ1v) is 8.71. The van der Waals surface area contributed by atoms with Crippen molar-refractivity contribution in [2.75, 3.05) is 13.6 Å². The normalized spacial score (nSPS) is 11.2. The van der Waals surface area contributed by atoms with Crippen molar-refractivity contribution in [3.05, 3.63) is 56.2 Å². The molecule has 0 aliphatic rings. The van der Waals surface area contributed by atoms with Crippen LogP contribution in [0.25, 0.3) is 0 Å². The Morgan fingerprint density at radius 2 is 1.80 bits per heavy atom. The standard InChI is InChI=1S/C16H14BrF3N2O2S/c1-22(15(24)12-6-7-13(17)25-12)9-14(23)21-8-10-2-4-11(5-3-10)16(18,19)20/h2-7H,8-9H2,1H3,(H,21,23). The molecule has 0 radical (unpaired) electrons. The third-order valence-corrected chi connectivity index (χ3v) is 4.89. The Morgan fingerprint density at radius 1 is 1.16 bits per heavy atom. The van der Waals surface area contributed by atoms with E-state index in [0.717, 1.165) is 15.9 Å². The van der Waals surface area contributed by atoms with E-state index in [2.05, 4.69) is 21.2 Å². The molecule has 2 rings (SSSR count). The van der Waals surface area contributed by atoms with Gasteiger partial charge in [0, 0.05) is 13.6 Å². The van der Waals surface area contributed by atoms with Crippen LogP contribution in [0, 0.1) is 0 Å². The van der Waals surface area contributed by atoms with Gasteiger partial charge in [0.05, 0.1) is 20.8 Å². The first-order chi connectivity index (χ1) is 11.7. The molecule has 2 aromatic rings. The van der Waals surface area contributed by atoms with Gasteiger partial charge in [-0.3, -0.25) is 9.59 Å². The molecular formula is C16H14BrF3N2O2S. The van der Waals surface area contributed by atoms with Crippen LogP contribution in [0.2, 0.25) is 0 Å². The van der Waals surface area contributed by atoms with E-state index in [1.165, 1.54) is 35.4 Å². The molecule has 0 fully saturated rings. The molecule has 0 saturated carbocycles. The average molecular weight is 435 g/mol. The average Bonchev–Trinajstić information content (AvgIpc) is 2.98. The van der Waals surface area contributed by atoms with Crippen LogP contribution in [-0.2, 0) is 17.5 Å². The van der Waals surface area contributed by atoms with Crippen molar-refractivity contribution in [2.24, 2.45) is 0 Å². The SMILES string of the molecule is CN(CC(=O)NCc1ccc(C(F)(F)F)cc1)C(=O)c1ccc(Br)s1. The highest BCUT2D eigenvalue weighted by atomic mass is 79.9. The van der Waals surface area contributed by atoms with E-state index >= 15 is 0 Å². The zero-order valence-corrected chi connectivity index (χ0v) is 15.5. The van der Waals surface area contributed by atoms with Gasteiger partial charge in [0.25, 0.3) is 5.91 Å². The van der Waals surface area contributed by atoms with Gasteiger partial charge in [0.15, 0.2) is 0 Å². The number of hydrogen-bond acceptors (Lipinski definition) is 3. The summed E-state index contributed by atoms with van der Waals surface area (Å²) in [5, 5.41) is 2.58. The summed E-state index contributed by atoms with van der Waals surface area (Å²) in [7, 11) is 1.51. The monoisotopic (exact) mass is 434 g/mol. The maximum absolute atomic E-state index is 12.5. The molecule has 2 amide bonds. The third-order valence-electron chi connectivity index (χ3n) is 3.28. The van der Waals surface area contributed by atoms with Crippen molar-refractivity contribution in [2.45, 2.75) is 12.7 Å². The molecule has 1 aromatic heterocycles. The first kappa shape index (κ1) is 19.5. The molecule has 1 N–H and O–H groups in total. The molecule has 4 nitrogen and oxygen atoms in total. The molecule has 9 heteroatoms. The second kappa shape index (κ2) is 8.01. The number of rotatable bonds is 5. The highest BCUT2D eigenvalue weighted by Crippen LogP contribution is 2.29. The number of nitrogens with one attached hydrogen (secondary N) is 1. The zero-order valence-electron chi connectivity index (χ0n) is 13.1. The summed E-state index contributed by atoms with van der Waals surface area (Å²) in [5.74, 6) is -0.674. The minimum atomic E-state index is -4.39. The lowest BCUT2D eigenvalue weighted by Crippen LogP contribution is -2.37. The minimum Gasteiger partial charge on any atom is -0.350 e. The number of nitrogens with zero attached hydrogens (tertiary/aromatic N) is 1. The number of hydrogen-bond donors (Lipinski definition) is 1. The van der Waals surface area contributed by atoms with Crippen LogP contribution in [-0.4, -0.2) is 30.3 Å². The lowest BCUT2D eigenvalue weighted by Gasteiger charge is -2.16. The van der Waals surface area contributed by atoms with E-state index < -0.39 is 17.6 Å². The Hall–Kier alpha value is -1.87. The van der Waals surface area contributed by atoms with E-state index in [-0.39, 0.29) is 19.0 Å². The number of carbonyl (C=O) groups is 2. The van der Waals surface area contributed by atoms with Crippen LogP contribution >= 0.6 is 27.3 Å². The van der Waals surface area contributed by atoms with Crippen molar-refractivity contribution >= 4 is 39.1 Å². The molecule has 1 heterocycles. The number of alkyl halides is 3. The molecule has 0 atom stereocenters. The quantitative estimate of drug-likeness (QED) is 0.775. The molecule has 134 valence electrons. The smallest absolute Gasteiger partial charge is 0.350 e. The number of thiophene rings is 1. The maximum atomic E-state index is 12.5. The molecule has 1 aromatic carbocycles. The second-order valence-corrected chi connectivity index (χ2v) is 7.70. The number of likely N-dealkylation sites (N-methyl/N-ethyl adjacent to an activating group) is 1. The number of amides is 2. The Labute approximate surface area is 154 Å². The fraction of sp³-hybridized carbons (Fsp3) is 0.250. The van der Waals surface area contributed by atoms with Crippen molar-refractivity contribution in [1.82, 2.24) is 10.2 Å². The van der Waals surface area contributed by atoms with E-state index in [1.807, 2.05) is 0 Å². The predicted octanol–water partition coefficient (Wildman–Crippen LogP) is 3.92. The molecule has 0 spiro atoms. The summed E-state index contributed by atoms with van der Waals surface area (Å²) in [4.78, 5) is 25.8. The van der Waals surface area contributed by atoms with Crippen LogP contribution in [0.4, 0.5) is 13.2 Å². The Kier molecular flexibility index (Phi) is 6.23. The molecule has 0 unspecified atom stereocenters. The van der Waals surface area contributed by atoms with Crippen molar-refractivity contribution in [3.8, 4) is 0 Å². The van der Waals surface area contributed by atoms with Crippen LogP contribution in [0.1, 0.15) is 20.8 Å². The predicted molar refractivity (Wildman–Crippen MR) is 92.3 cm³/mol. The van der Waals surface area contributed by atoms with Gasteiger partial charge in [-0.2, -0.15) is 13.2 Å². The van der Waals surface area contributed by atoms with Crippen LogP contribution in [0.5, 0.6) is 0 Å². The van der Waals surface area contributed by atoms with Gasteiger partial charge in [0.2, 0.25) is 5.91 Å². The summed E-state index contributed by atoms with van der Waals surface area (Å²) in [6, 6.07) is 7.95. The van der Waals surface area contributed by atoms with Crippen molar-refractivity contribution in [3.63, 3.8) is 0 Å². The third kappa shape index (κ3) is 5.57. The molecule has 0 saturated heterocycles. The highest BCUT2D eigenvalue weighted by Gasteiger charge is 2.29. The van der Waals surface area contributed by atoms with Crippen molar-refractivity contribution in [1.29, 1.82) is 0 Å². The van der Waals surface area contributed by atoms with Gasteiger partial charge < -0.3 is 10.2 Å². The van der Waals surface area contributed by atoms with Crippen molar-refractivity contribution < 1.29 is 22.8 Å². The summed E-state index contributed by atoms with van der Waals surface area (Å²) >= 11 is 4.53. The van der Waals surface area contributed by atoms with E-state index in [4.69, 9.17) is 0 Å². The zero-order chi connectivity index (χ0) is 18.6. The Balaban J connectivity index is 1.85. The van der Waals surface area contributed by atoms with Crippen LogP contribution in [0.3, 0.4) is 0 Å². The fourth-order valence-electron chi connectivity index (χ4n) is 1.97. The molecule has 0 aliphatic carbocycles. The molecule has 0 bridgehead atoms. The van der Waals surface area contributed by atoms with Crippen LogP contribution < -0.4 is 5.32 Å². The summed E-state index contributed by atoms with van der Waals surface area (Å²) in [6.45, 7) is -0.0570. The van der Waals surface area contributed by atoms with Gasteiger partial charge in [-0.25, -0.2) is 0 Å². The summed E-state index contributed by atoms with van der Waals surface area (Å²) < 4.78 is 38.3. The minimum absolute atomic E-state index is 0.0869. The molecule has 0 aliphatic heterocycles. The lowest BCUT2D eigenvalue weighted by atomic mass is 10.1. The van der Waals surface area contributed by atoms with Gasteiger partial charge in [-0.15, -0.1) is 11.3 Å². The molecule has 25 heavy (non-hydrogen) atoms. The lowest BCUT2D eigenvalue weighted by molar-refractivity contribution is -0.137. The van der Waals surface area contributed by atoms with Gasteiger partial charge in [0.1, 0.15) is 0 Å². The van der Waals surface area contributed by atoms with E-state index in [1.54, 1.807) is 12.1 Å². The number of benzene rings is 1. The maximum Gasteiger partial charge on any atom is 0.416 e. The highest BCUT2D eigenvalue weighted by molar-refractivity contribution is 9.11. The van der Waals surface area contributed by atoms with Gasteiger partial charge >= 0.3 is 6.18 Å². The Bertz CT molecular complexity index is 759. The topological polar surface area (TPSA) is 49.4 Å². The van der Waals surface area contributed by atoms with E-state index in [0.29, 0.717) is 10.4 Å². The second-order valence-electron chi connectivity index (χ2n) is 5.24. The summed E-state index contributed by atoms with van der Waals surface area (Å²) in [6.07, 6.45) is -4.39. The fourth-order valence-corrected chi connectivity index (χ4v) is 3.35. The van der Waals surface area contributed by atoms with Crippen LogP contribution in [0.15, 0.2) is 40.2 Å². The Morgan fingerprint density at radius 3 is 2.32 bits per heavy atom. The summed E-state index contributed by atoms with van der Waals surface area (Å²) in [5.41, 5.74) is -0.201. The largest absolute Gasteiger partial charge is 0.416 e. The van der Waals surface area contributed by atoms with Gasteiger partial charge in [-0.1, -0.05) is 12.1 Å². The number of halogens is 4. The first-order valence-electron chi connectivity index (χ1n) is 7.10. The van der Waals surface area contributed by atoms with Gasteiger partial charge in [-0.05, 0) is 45.8 Å². The van der Waals surface area contributed by atoms with E-state index in [9.17, 15) is 22.8 Å².